The van der Waals surface area contributed by atoms with Crippen LogP contribution in [0.4, 0.5) is 0 Å². The Hall–Kier alpha value is -3.14. The molecule has 124 valence electrons. The summed E-state index contributed by atoms with van der Waals surface area (Å²) in [6.45, 7) is 4.34. The van der Waals surface area contributed by atoms with Crippen LogP contribution >= 0.6 is 0 Å². The molecule has 4 nitrogen and oxygen atoms in total. The predicted octanol–water partition coefficient (Wildman–Crippen LogP) is 4.45. The van der Waals surface area contributed by atoms with Gasteiger partial charge in [0.25, 0.3) is 0 Å². The lowest BCUT2D eigenvalue weighted by Crippen LogP contribution is -2.19. The first-order valence-corrected chi connectivity index (χ1v) is 8.27. The van der Waals surface area contributed by atoms with E-state index < -0.39 is 0 Å². The van der Waals surface area contributed by atoms with Gasteiger partial charge in [-0.1, -0.05) is 62.4 Å². The molecule has 0 spiro atoms. The molecule has 3 aromatic carbocycles. The van der Waals surface area contributed by atoms with Crippen LogP contribution in [0.15, 0.2) is 72.8 Å². The van der Waals surface area contributed by atoms with Crippen LogP contribution < -0.4 is 0 Å². The second-order valence-electron chi connectivity index (χ2n) is 6.67. The Bertz CT molecular complexity index is 1000. The molecule has 25 heavy (non-hydrogen) atoms. The predicted molar refractivity (Wildman–Crippen MR) is 99.1 cm³/mol. The van der Waals surface area contributed by atoms with E-state index in [1.54, 1.807) is 6.07 Å². The van der Waals surface area contributed by atoms with Crippen LogP contribution in [0.3, 0.4) is 0 Å². The molecule has 4 heteroatoms. The van der Waals surface area contributed by atoms with Gasteiger partial charge in [-0.05, 0) is 35.4 Å². The fourth-order valence-electron chi connectivity index (χ4n) is 3.06. The van der Waals surface area contributed by atoms with Crippen molar-refractivity contribution in [3.63, 3.8) is 0 Å². The standard InChI is InChI=1S/C21H19N3O/c1-21(2,15-8-4-3-5-9-15)16-12-13-20(25)19(14-16)24-22-17-10-6-7-11-18(17)23-24/h3-14,25H,1-2H3. The smallest absolute Gasteiger partial charge is 0.143 e. The van der Waals surface area contributed by atoms with Crippen molar-refractivity contribution in [3.05, 3.63) is 83.9 Å². The van der Waals surface area contributed by atoms with Gasteiger partial charge in [-0.3, -0.25) is 0 Å². The largest absolute Gasteiger partial charge is 0.506 e. The van der Waals surface area contributed by atoms with Crippen LogP contribution in [0, 0.1) is 0 Å². The molecule has 0 saturated carbocycles. The molecule has 1 N–H and O–H groups in total. The average molecular weight is 329 g/mol. The van der Waals surface area contributed by atoms with Crippen molar-refractivity contribution < 1.29 is 5.11 Å². The van der Waals surface area contributed by atoms with Crippen molar-refractivity contribution in [1.29, 1.82) is 0 Å². The van der Waals surface area contributed by atoms with E-state index in [1.807, 2.05) is 54.6 Å². The summed E-state index contributed by atoms with van der Waals surface area (Å²) in [7, 11) is 0. The number of benzene rings is 3. The highest BCUT2D eigenvalue weighted by Crippen LogP contribution is 2.34. The van der Waals surface area contributed by atoms with Gasteiger partial charge in [0.05, 0.1) is 0 Å². The normalized spacial score (nSPS) is 11.8. The van der Waals surface area contributed by atoms with Crippen molar-refractivity contribution in [1.82, 2.24) is 15.0 Å². The maximum absolute atomic E-state index is 10.3. The van der Waals surface area contributed by atoms with Gasteiger partial charge < -0.3 is 5.11 Å². The fourth-order valence-corrected chi connectivity index (χ4v) is 3.06. The molecule has 0 radical (unpaired) electrons. The zero-order valence-corrected chi connectivity index (χ0v) is 14.2. The minimum atomic E-state index is -0.198. The van der Waals surface area contributed by atoms with E-state index in [9.17, 15) is 5.11 Å². The summed E-state index contributed by atoms with van der Waals surface area (Å²) in [5.74, 6) is 0.160. The molecule has 0 bridgehead atoms. The Morgan fingerprint density at radius 2 is 1.36 bits per heavy atom. The number of aromatic hydroxyl groups is 1. The van der Waals surface area contributed by atoms with Gasteiger partial charge in [0.15, 0.2) is 0 Å². The molecular formula is C21H19N3O. The van der Waals surface area contributed by atoms with E-state index in [1.165, 1.54) is 10.4 Å². The number of hydrogen-bond acceptors (Lipinski definition) is 3. The topological polar surface area (TPSA) is 50.9 Å². The van der Waals surface area contributed by atoms with Gasteiger partial charge in [-0.2, -0.15) is 0 Å². The summed E-state index contributed by atoms with van der Waals surface area (Å²) in [5.41, 5.74) is 4.29. The molecule has 0 amide bonds. The van der Waals surface area contributed by atoms with Crippen molar-refractivity contribution in [2.45, 2.75) is 19.3 Å². The molecule has 0 aliphatic rings. The van der Waals surface area contributed by atoms with Crippen LogP contribution in [0.5, 0.6) is 5.75 Å². The van der Waals surface area contributed by atoms with E-state index >= 15 is 0 Å². The first kappa shape index (κ1) is 15.4. The molecule has 0 aliphatic heterocycles. The van der Waals surface area contributed by atoms with Crippen LogP contribution in [-0.4, -0.2) is 20.1 Å². The number of hydrogen-bond donors (Lipinski definition) is 1. The summed E-state index contributed by atoms with van der Waals surface area (Å²) in [4.78, 5) is 1.50. The summed E-state index contributed by atoms with van der Waals surface area (Å²) in [5, 5.41) is 19.3. The molecular weight excluding hydrogens is 310 g/mol. The minimum Gasteiger partial charge on any atom is -0.506 e. The molecule has 0 unspecified atom stereocenters. The third-order valence-corrected chi connectivity index (χ3v) is 4.69. The van der Waals surface area contributed by atoms with E-state index in [0.717, 1.165) is 16.6 Å². The Kier molecular flexibility index (Phi) is 3.53. The number of aromatic nitrogens is 3. The SMILES string of the molecule is CC(C)(c1ccccc1)c1ccc(O)c(-n2nc3ccccc3n2)c1. The molecule has 1 aromatic heterocycles. The van der Waals surface area contributed by atoms with Gasteiger partial charge in [0.1, 0.15) is 22.5 Å². The Morgan fingerprint density at radius 3 is 2.00 bits per heavy atom. The molecule has 0 atom stereocenters. The summed E-state index contributed by atoms with van der Waals surface area (Å²) in [6, 6.07) is 23.6. The summed E-state index contributed by atoms with van der Waals surface area (Å²) < 4.78 is 0. The van der Waals surface area contributed by atoms with Crippen molar-refractivity contribution in [2.24, 2.45) is 0 Å². The molecule has 0 saturated heterocycles. The second-order valence-corrected chi connectivity index (χ2v) is 6.67. The summed E-state index contributed by atoms with van der Waals surface area (Å²) >= 11 is 0. The minimum absolute atomic E-state index is 0.160. The van der Waals surface area contributed by atoms with Crippen LogP contribution in [-0.2, 0) is 5.41 Å². The van der Waals surface area contributed by atoms with Gasteiger partial charge in [-0.25, -0.2) is 0 Å². The Labute approximate surface area is 146 Å². The highest BCUT2D eigenvalue weighted by atomic mass is 16.3. The molecule has 4 aromatic rings. The molecule has 0 aliphatic carbocycles. The number of rotatable bonds is 3. The lowest BCUT2D eigenvalue weighted by atomic mass is 9.78. The maximum Gasteiger partial charge on any atom is 0.143 e. The zero-order chi connectivity index (χ0) is 17.4. The van der Waals surface area contributed by atoms with Gasteiger partial charge in [0.2, 0.25) is 0 Å². The molecule has 1 heterocycles. The third kappa shape index (κ3) is 2.66. The number of phenolic OH excluding ortho intramolecular Hbond substituents is 1. The van der Waals surface area contributed by atoms with Crippen molar-refractivity contribution >= 4 is 11.0 Å². The highest BCUT2D eigenvalue weighted by molar-refractivity contribution is 5.73. The highest BCUT2D eigenvalue weighted by Gasteiger charge is 2.24. The third-order valence-electron chi connectivity index (χ3n) is 4.69. The quantitative estimate of drug-likeness (QED) is 0.604. The van der Waals surface area contributed by atoms with E-state index in [2.05, 4.69) is 36.2 Å². The Balaban J connectivity index is 1.84. The van der Waals surface area contributed by atoms with Gasteiger partial charge in [0, 0.05) is 5.41 Å². The van der Waals surface area contributed by atoms with Crippen LogP contribution in [0.1, 0.15) is 25.0 Å². The molecule has 4 rings (SSSR count). The van der Waals surface area contributed by atoms with E-state index in [0.29, 0.717) is 5.69 Å². The summed E-state index contributed by atoms with van der Waals surface area (Å²) in [6.07, 6.45) is 0. The second kappa shape index (κ2) is 5.74. The molecule has 0 fully saturated rings. The van der Waals surface area contributed by atoms with Gasteiger partial charge in [-0.15, -0.1) is 15.0 Å². The van der Waals surface area contributed by atoms with E-state index in [4.69, 9.17) is 0 Å². The lowest BCUT2D eigenvalue weighted by molar-refractivity contribution is 0.466. The van der Waals surface area contributed by atoms with Crippen LogP contribution in [0.2, 0.25) is 0 Å². The number of fused-ring (bicyclic) bond motifs is 1. The first-order chi connectivity index (χ1) is 12.1. The van der Waals surface area contributed by atoms with E-state index in [-0.39, 0.29) is 11.2 Å². The fraction of sp³-hybridized carbons (Fsp3) is 0.143. The van der Waals surface area contributed by atoms with Gasteiger partial charge >= 0.3 is 0 Å². The maximum atomic E-state index is 10.3. The lowest BCUT2D eigenvalue weighted by Gasteiger charge is -2.26. The monoisotopic (exact) mass is 329 g/mol. The van der Waals surface area contributed by atoms with Crippen molar-refractivity contribution in [2.75, 3.05) is 0 Å². The average Bonchev–Trinajstić information content (AvgIpc) is 3.06. The van der Waals surface area contributed by atoms with Crippen LogP contribution in [0.25, 0.3) is 16.7 Å². The van der Waals surface area contributed by atoms with Crippen molar-refractivity contribution in [3.8, 4) is 11.4 Å². The number of phenols is 1. The zero-order valence-electron chi connectivity index (χ0n) is 14.2. The Morgan fingerprint density at radius 1 is 0.760 bits per heavy atom. The number of nitrogens with zero attached hydrogens (tertiary/aromatic N) is 3. The first-order valence-electron chi connectivity index (χ1n) is 8.27.